The van der Waals surface area contributed by atoms with E-state index < -0.39 is 121 Å². The Morgan fingerprint density at radius 2 is 0.633 bits per heavy atom. The predicted molar refractivity (Wildman–Crippen MR) is 106 cm³/mol. The maximum atomic E-state index is 14.2. The summed E-state index contributed by atoms with van der Waals surface area (Å²) in [4.78, 5) is 0. The van der Waals surface area contributed by atoms with Crippen LogP contribution in [0.5, 0.6) is 0 Å². The summed E-state index contributed by atoms with van der Waals surface area (Å²) in [6.45, 7) is -4.72. The molecule has 0 rings (SSSR count). The molecule has 0 aromatic heterocycles. The minimum absolute atomic E-state index is 0.688. The predicted octanol–water partition coefficient (Wildman–Crippen LogP) is 6.72. The van der Waals surface area contributed by atoms with E-state index in [0.29, 0.717) is 0 Å². The first kappa shape index (κ1) is 47.1. The van der Waals surface area contributed by atoms with Crippen LogP contribution in [0.2, 0.25) is 0 Å². The standard InChI is InChI=1S/C20H19F25NO3/c1-46(2-4-47,3-5-48)7-8(49)6-9(21,22)10(23,24)11(25,26)12(27,28)13(29,30)14(31,32)15(33,34)16(35,36)17(37,38)18(39,40)19(41,42)20(43,44)45/h8,47-49H,2-7H2,1H3/q+1. The monoisotopic (exact) mass is 796 g/mol. The summed E-state index contributed by atoms with van der Waals surface area (Å²) in [6.07, 6.45) is -14.7. The van der Waals surface area contributed by atoms with Crippen molar-refractivity contribution in [3.63, 3.8) is 0 Å². The van der Waals surface area contributed by atoms with Crippen molar-refractivity contribution in [2.24, 2.45) is 0 Å². The molecule has 0 amide bonds. The van der Waals surface area contributed by atoms with E-state index >= 15 is 0 Å². The number of hydrogen-bond donors (Lipinski definition) is 3. The summed E-state index contributed by atoms with van der Waals surface area (Å²) in [5, 5.41) is 27.4. The van der Waals surface area contributed by atoms with Crippen LogP contribution in [0.15, 0.2) is 0 Å². The molecular weight excluding hydrogens is 777 g/mol. The molecule has 0 aromatic rings. The van der Waals surface area contributed by atoms with Gasteiger partial charge in [0, 0.05) is 6.42 Å². The number of nitrogens with zero attached hydrogens (tertiary/aromatic N) is 1. The highest BCUT2D eigenvalue weighted by Gasteiger charge is 2.99. The first-order valence-electron chi connectivity index (χ1n) is 11.9. The molecule has 296 valence electrons. The van der Waals surface area contributed by atoms with Crippen molar-refractivity contribution in [2.45, 2.75) is 83.8 Å². The molecule has 0 aliphatic carbocycles. The third-order valence-corrected chi connectivity index (χ3v) is 6.79. The fourth-order valence-corrected chi connectivity index (χ4v) is 3.76. The highest BCUT2D eigenvalue weighted by molar-refractivity contribution is 5.19. The number of aliphatic hydroxyl groups excluding tert-OH is 3. The van der Waals surface area contributed by atoms with Crippen molar-refractivity contribution in [2.75, 3.05) is 39.9 Å². The third kappa shape index (κ3) is 6.76. The van der Waals surface area contributed by atoms with Gasteiger partial charge in [-0.15, -0.1) is 0 Å². The Balaban J connectivity index is 7.13. The van der Waals surface area contributed by atoms with E-state index in [9.17, 15) is 115 Å². The zero-order valence-corrected chi connectivity index (χ0v) is 23.1. The van der Waals surface area contributed by atoms with Crippen LogP contribution < -0.4 is 0 Å². The Bertz CT molecular complexity index is 1130. The van der Waals surface area contributed by atoms with Gasteiger partial charge in [0.15, 0.2) is 0 Å². The summed E-state index contributed by atoms with van der Waals surface area (Å²) in [7, 11) is 0.816. The van der Waals surface area contributed by atoms with Gasteiger partial charge in [0.25, 0.3) is 0 Å². The van der Waals surface area contributed by atoms with Crippen molar-refractivity contribution in [3.05, 3.63) is 0 Å². The van der Waals surface area contributed by atoms with Gasteiger partial charge < -0.3 is 19.8 Å². The van der Waals surface area contributed by atoms with E-state index in [2.05, 4.69) is 0 Å². The minimum Gasteiger partial charge on any atom is -0.391 e. The van der Waals surface area contributed by atoms with Crippen molar-refractivity contribution in [3.8, 4) is 0 Å². The van der Waals surface area contributed by atoms with Crippen LogP contribution in [0, 0.1) is 0 Å². The van der Waals surface area contributed by atoms with Crippen LogP contribution in [-0.4, -0.2) is 137 Å². The van der Waals surface area contributed by atoms with Crippen LogP contribution in [0.25, 0.3) is 0 Å². The van der Waals surface area contributed by atoms with Crippen molar-refractivity contribution < 1.29 is 130 Å². The fourth-order valence-electron chi connectivity index (χ4n) is 3.76. The molecule has 0 bridgehead atoms. The smallest absolute Gasteiger partial charge is 0.391 e. The second kappa shape index (κ2) is 12.9. The van der Waals surface area contributed by atoms with Crippen LogP contribution in [0.4, 0.5) is 110 Å². The highest BCUT2D eigenvalue weighted by Crippen LogP contribution is 2.67. The van der Waals surface area contributed by atoms with Crippen molar-refractivity contribution >= 4 is 0 Å². The molecule has 0 spiro atoms. The Morgan fingerprint density at radius 1 is 0.408 bits per heavy atom. The molecule has 0 radical (unpaired) electrons. The lowest BCUT2D eigenvalue weighted by atomic mass is 9.84. The highest BCUT2D eigenvalue weighted by atomic mass is 19.4. The van der Waals surface area contributed by atoms with E-state index in [-0.39, 0.29) is 0 Å². The molecule has 0 saturated carbocycles. The van der Waals surface area contributed by atoms with E-state index in [1.165, 1.54) is 0 Å². The molecule has 29 heteroatoms. The first-order chi connectivity index (χ1) is 21.0. The number of quaternary nitrogens is 1. The first-order valence-corrected chi connectivity index (χ1v) is 11.9. The maximum Gasteiger partial charge on any atom is 0.460 e. The number of hydrogen-bond acceptors (Lipinski definition) is 3. The normalized spacial score (nSPS) is 17.1. The Morgan fingerprint density at radius 3 is 0.857 bits per heavy atom. The Hall–Kier alpha value is -1.91. The summed E-state index contributed by atoms with van der Waals surface area (Å²) >= 11 is 0. The third-order valence-electron chi connectivity index (χ3n) is 6.79. The average molecular weight is 796 g/mol. The Labute approximate surface area is 254 Å². The van der Waals surface area contributed by atoms with Crippen LogP contribution in [-0.2, 0) is 0 Å². The van der Waals surface area contributed by atoms with Crippen molar-refractivity contribution in [1.29, 1.82) is 0 Å². The summed E-state index contributed by atoms with van der Waals surface area (Å²) in [5.41, 5.74) is 0. The van der Waals surface area contributed by atoms with Gasteiger partial charge in [-0.25, -0.2) is 0 Å². The molecule has 0 aliphatic heterocycles. The topological polar surface area (TPSA) is 60.7 Å². The molecule has 4 nitrogen and oxygen atoms in total. The maximum absolute atomic E-state index is 14.2. The zero-order valence-electron chi connectivity index (χ0n) is 23.1. The van der Waals surface area contributed by atoms with Gasteiger partial charge >= 0.3 is 71.3 Å². The minimum atomic E-state index is -9.66. The molecule has 0 heterocycles. The summed E-state index contributed by atoms with van der Waals surface area (Å²) < 4.78 is 337. The van der Waals surface area contributed by atoms with E-state index in [4.69, 9.17) is 10.2 Å². The van der Waals surface area contributed by atoms with Gasteiger partial charge in [0.05, 0.1) is 20.3 Å². The molecule has 0 aliphatic rings. The van der Waals surface area contributed by atoms with Gasteiger partial charge in [-0.3, -0.25) is 0 Å². The second-order valence-electron chi connectivity index (χ2n) is 10.5. The molecule has 1 atom stereocenters. The Kier molecular flexibility index (Phi) is 12.4. The second-order valence-corrected chi connectivity index (χ2v) is 10.5. The number of rotatable bonds is 18. The largest absolute Gasteiger partial charge is 0.460 e. The fraction of sp³-hybridized carbons (Fsp3) is 1.00. The van der Waals surface area contributed by atoms with Gasteiger partial charge in [-0.1, -0.05) is 0 Å². The number of likely N-dealkylation sites (N-methyl/N-ethyl adjacent to an activating group) is 1. The zero-order chi connectivity index (χ0) is 40.3. The molecule has 0 fully saturated rings. The quantitative estimate of drug-likeness (QED) is 0.107. The molecule has 3 N–H and O–H groups in total. The van der Waals surface area contributed by atoms with Crippen LogP contribution in [0.3, 0.4) is 0 Å². The number of halogens is 25. The lowest BCUT2D eigenvalue weighted by molar-refractivity contribution is -0.913. The molecule has 49 heavy (non-hydrogen) atoms. The van der Waals surface area contributed by atoms with E-state index in [0.717, 1.165) is 7.05 Å². The molecule has 0 aromatic carbocycles. The molecule has 0 saturated heterocycles. The van der Waals surface area contributed by atoms with Crippen molar-refractivity contribution in [1.82, 2.24) is 0 Å². The van der Waals surface area contributed by atoms with Crippen LogP contribution >= 0.6 is 0 Å². The van der Waals surface area contributed by atoms with Gasteiger partial charge in [0.1, 0.15) is 25.7 Å². The number of aliphatic hydroxyl groups is 3. The lowest BCUT2D eigenvalue weighted by Crippen LogP contribution is -2.78. The molecule has 1 unspecified atom stereocenters. The SMILES string of the molecule is C[N+](CCO)(CCO)CC(O)CC(F)(F)C(F)(F)C(F)(F)C(F)(F)C(F)(F)C(F)(F)C(F)(F)C(F)(F)C(F)(F)C(F)(F)C(F)(F)C(F)(F)F. The van der Waals surface area contributed by atoms with Gasteiger partial charge in [0.2, 0.25) is 0 Å². The van der Waals surface area contributed by atoms with E-state index in [1.54, 1.807) is 0 Å². The number of alkyl halides is 25. The van der Waals surface area contributed by atoms with Crippen LogP contribution in [0.1, 0.15) is 6.42 Å². The molecular formula is C20H19F25NO3+. The van der Waals surface area contributed by atoms with Gasteiger partial charge in [-0.05, 0) is 0 Å². The summed E-state index contributed by atoms with van der Waals surface area (Å²) in [5.74, 6) is -99.4. The van der Waals surface area contributed by atoms with E-state index in [1.807, 2.05) is 0 Å². The average Bonchev–Trinajstić information content (AvgIpc) is 2.86. The van der Waals surface area contributed by atoms with Gasteiger partial charge in [-0.2, -0.15) is 110 Å². The summed E-state index contributed by atoms with van der Waals surface area (Å²) in [6, 6.07) is 0. The lowest BCUT2D eigenvalue weighted by Gasteiger charge is -2.45.